The fourth-order valence-corrected chi connectivity index (χ4v) is 2.26. The highest BCUT2D eigenvalue weighted by molar-refractivity contribution is 5.29. The Bertz CT molecular complexity index is 327. The van der Waals surface area contributed by atoms with Crippen LogP contribution in [-0.2, 0) is 6.42 Å². The normalized spacial score (nSPS) is 13.9. The second kappa shape index (κ2) is 5.01. The van der Waals surface area contributed by atoms with Gasteiger partial charge in [-0.1, -0.05) is 50.1 Å². The summed E-state index contributed by atoms with van der Waals surface area (Å²) in [4.78, 5) is 0. The van der Waals surface area contributed by atoms with Crippen molar-refractivity contribution in [2.24, 2.45) is 5.41 Å². The molecule has 1 rings (SSSR count). The zero-order chi connectivity index (χ0) is 12.3. The Morgan fingerprint density at radius 3 is 1.94 bits per heavy atom. The average Bonchev–Trinajstić information content (AvgIpc) is 2.10. The fraction of sp³-hybridized carbons (Fsp3) is 0.600. The first-order chi connectivity index (χ1) is 7.32. The van der Waals surface area contributed by atoms with E-state index >= 15 is 0 Å². The van der Waals surface area contributed by atoms with Crippen molar-refractivity contribution < 1.29 is 0 Å². The summed E-state index contributed by atoms with van der Waals surface area (Å²) in [7, 11) is 2.05. The van der Waals surface area contributed by atoms with Gasteiger partial charge in [0.25, 0.3) is 0 Å². The van der Waals surface area contributed by atoms with E-state index in [1.165, 1.54) is 16.7 Å². The largest absolute Gasteiger partial charge is 0.316 e. The van der Waals surface area contributed by atoms with Gasteiger partial charge in [-0.15, -0.1) is 0 Å². The van der Waals surface area contributed by atoms with E-state index in [9.17, 15) is 0 Å². The van der Waals surface area contributed by atoms with Gasteiger partial charge in [0.1, 0.15) is 0 Å². The van der Waals surface area contributed by atoms with Crippen LogP contribution in [0.1, 0.15) is 37.5 Å². The lowest BCUT2D eigenvalue weighted by Gasteiger charge is -2.30. The van der Waals surface area contributed by atoms with Crippen LogP contribution < -0.4 is 5.32 Å². The molecule has 0 fully saturated rings. The Morgan fingerprint density at radius 2 is 1.56 bits per heavy atom. The van der Waals surface area contributed by atoms with Gasteiger partial charge >= 0.3 is 0 Å². The van der Waals surface area contributed by atoms with Crippen molar-refractivity contribution in [2.45, 2.75) is 47.1 Å². The summed E-state index contributed by atoms with van der Waals surface area (Å²) >= 11 is 0. The predicted octanol–water partition coefficient (Wildman–Crippen LogP) is 3.48. The van der Waals surface area contributed by atoms with Crippen LogP contribution >= 0.6 is 0 Å². The van der Waals surface area contributed by atoms with E-state index in [2.05, 4.69) is 65.2 Å². The SMILES string of the molecule is CNC(Cc1cc(C)cc(C)c1)C(C)(C)C. The van der Waals surface area contributed by atoms with Gasteiger partial charge in [-0.3, -0.25) is 0 Å². The lowest BCUT2D eigenvalue weighted by Crippen LogP contribution is -2.39. The van der Waals surface area contributed by atoms with E-state index in [0.29, 0.717) is 11.5 Å². The molecule has 16 heavy (non-hydrogen) atoms. The summed E-state index contributed by atoms with van der Waals surface area (Å²) in [6.07, 6.45) is 1.10. The van der Waals surface area contributed by atoms with Gasteiger partial charge in [-0.2, -0.15) is 0 Å². The summed E-state index contributed by atoms with van der Waals surface area (Å²) in [6.45, 7) is 11.2. The average molecular weight is 219 g/mol. The van der Waals surface area contributed by atoms with E-state index in [0.717, 1.165) is 6.42 Å². The maximum absolute atomic E-state index is 3.43. The van der Waals surface area contributed by atoms with Crippen LogP contribution in [0.2, 0.25) is 0 Å². The Hall–Kier alpha value is -0.820. The zero-order valence-electron chi connectivity index (χ0n) is 11.5. The number of nitrogens with one attached hydrogen (secondary N) is 1. The lowest BCUT2D eigenvalue weighted by molar-refractivity contribution is 0.280. The van der Waals surface area contributed by atoms with Crippen LogP contribution in [0.5, 0.6) is 0 Å². The molecule has 1 heteroatoms. The van der Waals surface area contributed by atoms with Crippen LogP contribution in [0.3, 0.4) is 0 Å². The molecule has 0 aliphatic heterocycles. The maximum atomic E-state index is 3.43. The molecule has 1 aromatic rings. The highest BCUT2D eigenvalue weighted by Crippen LogP contribution is 2.23. The minimum Gasteiger partial charge on any atom is -0.316 e. The number of hydrogen-bond acceptors (Lipinski definition) is 1. The predicted molar refractivity (Wildman–Crippen MR) is 71.9 cm³/mol. The van der Waals surface area contributed by atoms with Crippen LogP contribution in [0.4, 0.5) is 0 Å². The Kier molecular flexibility index (Phi) is 4.15. The molecule has 0 saturated heterocycles. The molecule has 0 amide bonds. The van der Waals surface area contributed by atoms with Gasteiger partial charge in [0.2, 0.25) is 0 Å². The Morgan fingerprint density at radius 1 is 1.06 bits per heavy atom. The third-order valence-corrected chi connectivity index (χ3v) is 3.12. The first kappa shape index (κ1) is 13.2. The molecule has 0 radical (unpaired) electrons. The zero-order valence-corrected chi connectivity index (χ0v) is 11.5. The lowest BCUT2D eigenvalue weighted by atomic mass is 9.83. The monoisotopic (exact) mass is 219 g/mol. The van der Waals surface area contributed by atoms with Gasteiger partial charge in [0.15, 0.2) is 0 Å². The topological polar surface area (TPSA) is 12.0 Å². The second-order valence-electron chi connectivity index (χ2n) is 5.91. The summed E-state index contributed by atoms with van der Waals surface area (Å²) in [6, 6.07) is 7.34. The van der Waals surface area contributed by atoms with Crippen LogP contribution in [-0.4, -0.2) is 13.1 Å². The summed E-state index contributed by atoms with van der Waals surface area (Å²) in [5.74, 6) is 0. The highest BCUT2D eigenvalue weighted by Gasteiger charge is 2.22. The van der Waals surface area contributed by atoms with Gasteiger partial charge in [-0.05, 0) is 38.3 Å². The van der Waals surface area contributed by atoms with Crippen LogP contribution in [0, 0.1) is 19.3 Å². The van der Waals surface area contributed by atoms with E-state index in [1.807, 2.05) is 0 Å². The number of hydrogen-bond donors (Lipinski definition) is 1. The molecule has 0 aromatic heterocycles. The van der Waals surface area contributed by atoms with E-state index in [-0.39, 0.29) is 0 Å². The van der Waals surface area contributed by atoms with Crippen molar-refractivity contribution in [3.63, 3.8) is 0 Å². The molecule has 0 aliphatic carbocycles. The quantitative estimate of drug-likeness (QED) is 0.820. The molecule has 0 aliphatic rings. The molecule has 0 bridgehead atoms. The van der Waals surface area contributed by atoms with Crippen molar-refractivity contribution >= 4 is 0 Å². The van der Waals surface area contributed by atoms with Crippen molar-refractivity contribution in [3.05, 3.63) is 34.9 Å². The minimum absolute atomic E-state index is 0.298. The van der Waals surface area contributed by atoms with Crippen molar-refractivity contribution in [1.29, 1.82) is 0 Å². The summed E-state index contributed by atoms with van der Waals surface area (Å²) < 4.78 is 0. The van der Waals surface area contributed by atoms with Gasteiger partial charge in [0.05, 0.1) is 0 Å². The van der Waals surface area contributed by atoms with Gasteiger partial charge in [-0.25, -0.2) is 0 Å². The summed E-state index contributed by atoms with van der Waals surface area (Å²) in [5, 5.41) is 3.43. The van der Waals surface area contributed by atoms with Crippen LogP contribution in [0.15, 0.2) is 18.2 Å². The first-order valence-corrected chi connectivity index (χ1v) is 6.07. The van der Waals surface area contributed by atoms with E-state index in [1.54, 1.807) is 0 Å². The Labute approximate surface area is 100 Å². The van der Waals surface area contributed by atoms with Crippen molar-refractivity contribution in [3.8, 4) is 0 Å². The fourth-order valence-electron chi connectivity index (χ4n) is 2.26. The molecule has 0 heterocycles. The smallest absolute Gasteiger partial charge is 0.0153 e. The summed E-state index contributed by atoms with van der Waals surface area (Å²) in [5.41, 5.74) is 4.45. The van der Waals surface area contributed by atoms with E-state index in [4.69, 9.17) is 0 Å². The second-order valence-corrected chi connectivity index (χ2v) is 5.91. The molecule has 1 nitrogen and oxygen atoms in total. The molecular weight excluding hydrogens is 194 g/mol. The van der Waals surface area contributed by atoms with Crippen molar-refractivity contribution in [2.75, 3.05) is 7.05 Å². The third-order valence-electron chi connectivity index (χ3n) is 3.12. The highest BCUT2D eigenvalue weighted by atomic mass is 14.9. The van der Waals surface area contributed by atoms with Crippen molar-refractivity contribution in [1.82, 2.24) is 5.32 Å². The molecule has 1 atom stereocenters. The molecular formula is C15H25N. The number of benzene rings is 1. The van der Waals surface area contributed by atoms with E-state index < -0.39 is 0 Å². The number of rotatable bonds is 3. The molecule has 0 saturated carbocycles. The number of aryl methyl sites for hydroxylation is 2. The Balaban J connectivity index is 2.86. The van der Waals surface area contributed by atoms with Gasteiger partial charge < -0.3 is 5.32 Å². The molecule has 1 unspecified atom stereocenters. The minimum atomic E-state index is 0.298. The molecule has 0 spiro atoms. The molecule has 1 N–H and O–H groups in total. The van der Waals surface area contributed by atoms with Crippen LogP contribution in [0.25, 0.3) is 0 Å². The first-order valence-electron chi connectivity index (χ1n) is 6.07. The maximum Gasteiger partial charge on any atom is 0.0153 e. The number of likely N-dealkylation sites (N-methyl/N-ethyl adjacent to an activating group) is 1. The molecule has 1 aromatic carbocycles. The van der Waals surface area contributed by atoms with Gasteiger partial charge in [0, 0.05) is 6.04 Å². The molecule has 90 valence electrons. The third kappa shape index (κ3) is 3.64. The standard InChI is InChI=1S/C15H25N/c1-11-7-12(2)9-13(8-11)10-14(16-6)15(3,4)5/h7-9,14,16H,10H2,1-6H3.